The first-order valence-electron chi connectivity index (χ1n) is 11.2. The Kier molecular flexibility index (Phi) is 9.45. The molecule has 2 aromatic rings. The van der Waals surface area contributed by atoms with Crippen molar-refractivity contribution in [2.45, 2.75) is 43.8 Å². The van der Waals surface area contributed by atoms with Crippen molar-refractivity contribution >= 4 is 36.2 Å². The zero-order valence-corrected chi connectivity index (χ0v) is 20.2. The topological polar surface area (TPSA) is 154 Å². The maximum atomic E-state index is 12.6. The molecule has 0 aromatic heterocycles. The van der Waals surface area contributed by atoms with Crippen LogP contribution in [0.1, 0.15) is 30.4 Å². The Bertz CT molecular complexity index is 1080. The van der Waals surface area contributed by atoms with Gasteiger partial charge in [-0.2, -0.15) is 12.6 Å². The van der Waals surface area contributed by atoms with E-state index >= 15 is 0 Å². The Morgan fingerprint density at radius 1 is 0.944 bits per heavy atom. The predicted octanol–water partition coefficient (Wildman–Crippen LogP) is 4.22. The molecule has 0 unspecified atom stereocenters. The molecular weight excluding hydrogens is 492 g/mol. The highest BCUT2D eigenvalue weighted by Gasteiger charge is 2.34. The number of carbonyl (C=O) groups is 2. The Hall–Kier alpha value is -3.87. The normalized spacial score (nSPS) is 16.9. The Labute approximate surface area is 212 Å². The number of nitro groups is 2. The first-order valence-corrected chi connectivity index (χ1v) is 11.7. The smallest absolute Gasteiger partial charge is 0.410 e. The van der Waals surface area contributed by atoms with Gasteiger partial charge in [0.2, 0.25) is 0 Å². The van der Waals surface area contributed by atoms with Gasteiger partial charge in [0.1, 0.15) is 13.2 Å². The van der Waals surface area contributed by atoms with Crippen LogP contribution in [0.2, 0.25) is 0 Å². The highest BCUT2D eigenvalue weighted by molar-refractivity contribution is 7.81. The number of amides is 2. The number of thiol groups is 1. The predicted molar refractivity (Wildman–Crippen MR) is 132 cm³/mol. The standard InChI is InChI=1S/C23H26N4O8S/c28-22(34-14-16-3-7-18(8-4-16)26(30)31)24-11-1-2-20-12-21(36)13-25(20)23(29)35-15-17-5-9-19(10-6-17)27(32)33/h3-10,20-21,36H,1-2,11-15H2,(H,24,28)/t20-,21+/m1/s1. The van der Waals surface area contributed by atoms with Gasteiger partial charge in [-0.25, -0.2) is 9.59 Å². The fourth-order valence-corrected chi connectivity index (χ4v) is 4.19. The molecule has 192 valence electrons. The molecule has 0 bridgehead atoms. The van der Waals surface area contributed by atoms with Crippen LogP contribution in [0.25, 0.3) is 0 Å². The summed E-state index contributed by atoms with van der Waals surface area (Å²) < 4.78 is 10.5. The second kappa shape index (κ2) is 12.7. The molecule has 2 aromatic carbocycles. The van der Waals surface area contributed by atoms with Gasteiger partial charge in [-0.3, -0.25) is 20.2 Å². The highest BCUT2D eigenvalue weighted by atomic mass is 32.1. The molecule has 0 aliphatic carbocycles. The van der Waals surface area contributed by atoms with E-state index in [2.05, 4.69) is 17.9 Å². The zero-order valence-electron chi connectivity index (χ0n) is 19.3. The molecule has 1 aliphatic rings. The lowest BCUT2D eigenvalue weighted by Crippen LogP contribution is -2.36. The molecular formula is C23H26N4O8S. The minimum absolute atomic E-state index is 0.000553. The minimum atomic E-state index is -0.605. The first-order chi connectivity index (χ1) is 17.2. The molecule has 13 heteroatoms. The number of carbonyl (C=O) groups excluding carboxylic acids is 2. The van der Waals surface area contributed by atoms with Gasteiger partial charge >= 0.3 is 12.2 Å². The molecule has 0 radical (unpaired) electrons. The van der Waals surface area contributed by atoms with Gasteiger partial charge in [0.15, 0.2) is 0 Å². The van der Waals surface area contributed by atoms with Crippen LogP contribution in [0.15, 0.2) is 48.5 Å². The Morgan fingerprint density at radius 3 is 2.00 bits per heavy atom. The molecule has 36 heavy (non-hydrogen) atoms. The van der Waals surface area contributed by atoms with Crippen molar-refractivity contribution in [3.63, 3.8) is 0 Å². The van der Waals surface area contributed by atoms with E-state index in [0.717, 1.165) is 0 Å². The van der Waals surface area contributed by atoms with Crippen LogP contribution in [0.3, 0.4) is 0 Å². The Balaban J connectivity index is 1.37. The van der Waals surface area contributed by atoms with Crippen LogP contribution in [-0.4, -0.2) is 51.3 Å². The average molecular weight is 519 g/mol. The van der Waals surface area contributed by atoms with Gasteiger partial charge < -0.3 is 19.7 Å². The zero-order chi connectivity index (χ0) is 26.1. The summed E-state index contributed by atoms with van der Waals surface area (Å²) in [5.74, 6) is 0. The lowest BCUT2D eigenvalue weighted by Gasteiger charge is -2.24. The number of benzene rings is 2. The number of nitro benzene ring substituents is 2. The van der Waals surface area contributed by atoms with Crippen LogP contribution >= 0.6 is 12.6 Å². The number of nitrogens with zero attached hydrogens (tertiary/aromatic N) is 3. The van der Waals surface area contributed by atoms with Crippen molar-refractivity contribution in [3.8, 4) is 0 Å². The molecule has 1 saturated heterocycles. The molecule has 12 nitrogen and oxygen atoms in total. The molecule has 1 heterocycles. The molecule has 1 aliphatic heterocycles. The van der Waals surface area contributed by atoms with E-state index in [9.17, 15) is 29.8 Å². The lowest BCUT2D eigenvalue weighted by atomic mass is 10.1. The van der Waals surface area contributed by atoms with Gasteiger partial charge in [-0.05, 0) is 54.7 Å². The number of likely N-dealkylation sites (tertiary alicyclic amines) is 1. The molecule has 3 rings (SSSR count). The number of hydrogen-bond acceptors (Lipinski definition) is 9. The summed E-state index contributed by atoms with van der Waals surface area (Å²) in [5, 5.41) is 24.1. The summed E-state index contributed by atoms with van der Waals surface area (Å²) in [6.45, 7) is 0.775. The molecule has 0 spiro atoms. The summed E-state index contributed by atoms with van der Waals surface area (Å²) in [5.41, 5.74) is 1.20. The number of hydrogen-bond donors (Lipinski definition) is 2. The summed E-state index contributed by atoms with van der Waals surface area (Å²) in [4.78, 5) is 46.6. The van der Waals surface area contributed by atoms with Gasteiger partial charge in [-0.1, -0.05) is 0 Å². The van der Waals surface area contributed by atoms with Crippen molar-refractivity contribution in [1.82, 2.24) is 10.2 Å². The second-order valence-corrected chi connectivity index (χ2v) is 8.97. The Morgan fingerprint density at radius 2 is 1.47 bits per heavy atom. The van der Waals surface area contributed by atoms with Crippen LogP contribution in [-0.2, 0) is 22.7 Å². The summed E-state index contributed by atoms with van der Waals surface area (Å²) in [6.07, 6.45) is 0.841. The van der Waals surface area contributed by atoms with Crippen LogP contribution in [0, 0.1) is 20.2 Å². The van der Waals surface area contributed by atoms with Gasteiger partial charge in [0, 0.05) is 48.6 Å². The van der Waals surface area contributed by atoms with Crippen LogP contribution in [0.4, 0.5) is 21.0 Å². The van der Waals surface area contributed by atoms with Crippen molar-refractivity contribution in [2.24, 2.45) is 0 Å². The van der Waals surface area contributed by atoms with Crippen molar-refractivity contribution in [3.05, 3.63) is 79.9 Å². The number of rotatable bonds is 10. The molecule has 1 N–H and O–H groups in total. The van der Waals surface area contributed by atoms with E-state index in [-0.39, 0.29) is 35.9 Å². The number of non-ortho nitro benzene ring substituents is 2. The van der Waals surface area contributed by atoms with Crippen molar-refractivity contribution in [1.29, 1.82) is 0 Å². The number of nitrogens with one attached hydrogen (secondary N) is 1. The summed E-state index contributed by atoms with van der Waals surface area (Å²) in [7, 11) is 0. The van der Waals surface area contributed by atoms with Gasteiger partial charge in [0.25, 0.3) is 11.4 Å². The highest BCUT2D eigenvalue weighted by Crippen LogP contribution is 2.26. The quantitative estimate of drug-likeness (QED) is 0.205. The maximum Gasteiger partial charge on any atom is 0.410 e. The average Bonchev–Trinajstić information content (AvgIpc) is 3.24. The lowest BCUT2D eigenvalue weighted by molar-refractivity contribution is -0.385. The van der Waals surface area contributed by atoms with Crippen molar-refractivity contribution < 1.29 is 28.9 Å². The van der Waals surface area contributed by atoms with Crippen LogP contribution < -0.4 is 5.32 Å². The van der Waals surface area contributed by atoms with Crippen LogP contribution in [0.5, 0.6) is 0 Å². The van der Waals surface area contributed by atoms with Gasteiger partial charge in [-0.15, -0.1) is 0 Å². The minimum Gasteiger partial charge on any atom is -0.445 e. The van der Waals surface area contributed by atoms with E-state index in [1.165, 1.54) is 36.4 Å². The third-order valence-electron chi connectivity index (χ3n) is 5.64. The van der Waals surface area contributed by atoms with E-state index < -0.39 is 22.0 Å². The largest absolute Gasteiger partial charge is 0.445 e. The summed E-state index contributed by atoms with van der Waals surface area (Å²) in [6, 6.07) is 11.4. The number of ether oxygens (including phenoxy) is 2. The fourth-order valence-electron chi connectivity index (χ4n) is 3.77. The SMILES string of the molecule is O=C(NCCC[C@@H]1C[C@H](S)CN1C(=O)OCc1ccc([N+](=O)[O-])cc1)OCc1ccc([N+](=O)[O-])cc1. The monoisotopic (exact) mass is 518 g/mol. The second-order valence-electron chi connectivity index (χ2n) is 8.24. The molecule has 2 atom stereocenters. The third kappa shape index (κ3) is 7.83. The van der Waals surface area contributed by atoms with E-state index in [1.54, 1.807) is 17.0 Å². The van der Waals surface area contributed by atoms with E-state index in [4.69, 9.17) is 9.47 Å². The molecule has 2 amide bonds. The third-order valence-corrected chi connectivity index (χ3v) is 6.01. The summed E-state index contributed by atoms with van der Waals surface area (Å²) >= 11 is 4.49. The van der Waals surface area contributed by atoms with E-state index in [1.807, 2.05) is 0 Å². The van der Waals surface area contributed by atoms with E-state index in [0.29, 0.717) is 43.5 Å². The fraction of sp³-hybridized carbons (Fsp3) is 0.391. The molecule has 0 saturated carbocycles. The van der Waals surface area contributed by atoms with Gasteiger partial charge in [0.05, 0.1) is 9.85 Å². The first kappa shape index (κ1) is 26.7. The number of alkyl carbamates (subject to hydrolysis) is 1. The van der Waals surface area contributed by atoms with Crippen molar-refractivity contribution in [2.75, 3.05) is 13.1 Å². The maximum absolute atomic E-state index is 12.6. The molecule has 1 fully saturated rings.